The Morgan fingerprint density at radius 1 is 0.311 bits per heavy atom. The third kappa shape index (κ3) is 45.5. The number of hydrogen-bond acceptors (Lipinski definition) is 10. The molecule has 0 saturated carbocycles. The van der Waals surface area contributed by atoms with Crippen LogP contribution in [0.2, 0.25) is 0 Å². The van der Waals surface area contributed by atoms with Gasteiger partial charge in [0.05, 0.1) is 65.1 Å². The Morgan fingerprint density at radius 2 is 0.544 bits per heavy atom. The maximum atomic E-state index is 15.2. The van der Waals surface area contributed by atoms with Crippen molar-refractivity contribution in [2.24, 2.45) is 17.6 Å². The number of nitrogens with one attached hydrogen (secondary N) is 1. The number of unbranched alkanes of at least 4 members (excludes halogenated alkanes) is 30. The molecule has 0 bridgehead atoms. The van der Waals surface area contributed by atoms with Gasteiger partial charge in [0.1, 0.15) is 0 Å². The quantitative estimate of drug-likeness (QED) is 0.0422. The zero-order valence-electron chi connectivity index (χ0n) is 59.6. The maximum Gasteiger partial charge on any atom is 0.242 e. The molecule has 0 aromatic carbocycles. The van der Waals surface area contributed by atoms with E-state index in [2.05, 4.69) is 60.7 Å². The van der Waals surface area contributed by atoms with E-state index in [0.717, 1.165) is 161 Å². The molecule has 90 heavy (non-hydrogen) atoms. The van der Waals surface area contributed by atoms with Crippen LogP contribution in [0.25, 0.3) is 0 Å². The van der Waals surface area contributed by atoms with E-state index in [1.54, 1.807) is 24.5 Å². The fraction of sp³-hybridized carbons (Fsp3) is 0.904. The number of hydrogen-bond donors (Lipinski definition) is 4. The Bertz CT molecular complexity index is 1790. The van der Waals surface area contributed by atoms with E-state index in [4.69, 9.17) is 5.73 Å². The van der Waals surface area contributed by atoms with Crippen molar-refractivity contribution in [3.63, 3.8) is 0 Å². The Hall–Kier alpha value is -3.83. The van der Waals surface area contributed by atoms with Gasteiger partial charge >= 0.3 is 0 Å². The largest absolute Gasteiger partial charge is 0.395 e. The van der Waals surface area contributed by atoms with Crippen LogP contribution in [0.5, 0.6) is 0 Å². The van der Waals surface area contributed by atoms with E-state index in [1.165, 1.54) is 75.5 Å². The monoisotopic (exact) mass is 1280 g/mol. The van der Waals surface area contributed by atoms with E-state index in [-0.39, 0.29) is 106 Å². The van der Waals surface area contributed by atoms with Gasteiger partial charge in [0.2, 0.25) is 41.4 Å². The van der Waals surface area contributed by atoms with Gasteiger partial charge in [0.15, 0.2) is 0 Å². The number of nitrogens with zero attached hydrogens (tertiary/aromatic N) is 6. The van der Waals surface area contributed by atoms with Crippen molar-refractivity contribution in [1.29, 1.82) is 0 Å². The lowest BCUT2D eigenvalue weighted by Gasteiger charge is -2.34. The highest BCUT2D eigenvalue weighted by Gasteiger charge is 2.31. The molecule has 0 aromatic heterocycles. The Labute approximate surface area is 551 Å². The second-order valence-corrected chi connectivity index (χ2v) is 26.5. The highest BCUT2D eigenvalue weighted by Crippen LogP contribution is 2.20. The van der Waals surface area contributed by atoms with Crippen molar-refractivity contribution in [3.8, 4) is 0 Å². The maximum absolute atomic E-state index is 15.2. The summed E-state index contributed by atoms with van der Waals surface area (Å²) >= 11 is 0. The van der Waals surface area contributed by atoms with E-state index < -0.39 is 11.9 Å². The molecule has 2 unspecified atom stereocenters. The van der Waals surface area contributed by atoms with Gasteiger partial charge in [-0.25, -0.2) is 0 Å². The van der Waals surface area contributed by atoms with E-state index >= 15 is 9.59 Å². The van der Waals surface area contributed by atoms with Crippen LogP contribution < -0.4 is 11.1 Å². The third-order valence-electron chi connectivity index (χ3n) is 18.2. The van der Waals surface area contributed by atoms with Gasteiger partial charge in [-0.05, 0) is 50.4 Å². The van der Waals surface area contributed by atoms with E-state index in [9.17, 15) is 34.2 Å². The minimum absolute atomic E-state index is 0.0845. The fourth-order valence-corrected chi connectivity index (χ4v) is 11.9. The summed E-state index contributed by atoms with van der Waals surface area (Å²) in [6.45, 7) is 16.8. The minimum atomic E-state index is -0.689. The highest BCUT2D eigenvalue weighted by molar-refractivity contribution is 5.93. The molecular weight excluding hydrogens is 1130 g/mol. The molecule has 0 saturated heterocycles. The summed E-state index contributed by atoms with van der Waals surface area (Å²) in [5.74, 6) is -2.44. The number of aliphatic hydroxyl groups excluding tert-OH is 2. The second kappa shape index (κ2) is 60.1. The lowest BCUT2D eigenvalue weighted by atomic mass is 9.98. The molecule has 5 N–H and O–H groups in total. The topological polar surface area (TPSA) is 217 Å². The summed E-state index contributed by atoms with van der Waals surface area (Å²) in [7, 11) is 0. The molecule has 0 aromatic rings. The van der Waals surface area contributed by atoms with Gasteiger partial charge < -0.3 is 50.7 Å². The number of carbonyl (C=O) groups excluding carboxylic acids is 7. The molecule has 17 heteroatoms. The number of carbonyl (C=O) groups is 7. The molecule has 0 radical (unpaired) electrons. The summed E-state index contributed by atoms with van der Waals surface area (Å²) < 4.78 is 0. The number of amides is 7. The van der Waals surface area contributed by atoms with Gasteiger partial charge in [0.25, 0.3) is 0 Å². The first-order valence-electron chi connectivity index (χ1n) is 37.5. The van der Waals surface area contributed by atoms with Gasteiger partial charge in [-0.3, -0.25) is 33.6 Å². The summed E-state index contributed by atoms with van der Waals surface area (Å²) in [4.78, 5) is 111. The van der Waals surface area contributed by atoms with Crippen molar-refractivity contribution in [3.05, 3.63) is 0 Å². The number of nitrogens with two attached hydrogens (primary N) is 1. The molecule has 2 atom stereocenters. The molecule has 0 rings (SSSR count). The molecule has 528 valence electrons. The van der Waals surface area contributed by atoms with E-state index in [1.807, 2.05) is 0 Å². The Morgan fingerprint density at radius 3 is 0.800 bits per heavy atom. The number of rotatable bonds is 65. The molecule has 0 heterocycles. The standard InChI is InChI=1S/C73H142N8O9/c1-9-17-23-27-31-33-35-37-41-45-51-78(59-72(89)80(56-67(74)84)54-64(15-7)47-21-13-5)70(87)58-77(50-44-40-30-26-20-12-4)71(88)61-81(55-65(16-8)48-22-14-6)73(90)60-79(52-46-42-38-36-34-32-28-24-18-10-2)69(86)57-76(49-43-39-29-25-19-11-3)68(85)53-75-66(62-82)63-83/h64-66,75,82-83H,9-63H2,1-8H3,(H2,74,84). The molecule has 0 fully saturated rings. The van der Waals surface area contributed by atoms with Crippen molar-refractivity contribution in [1.82, 2.24) is 34.7 Å². The summed E-state index contributed by atoms with van der Waals surface area (Å²) in [6, 6.07) is -0.689. The first-order valence-corrected chi connectivity index (χ1v) is 37.5. The fourth-order valence-electron chi connectivity index (χ4n) is 11.9. The highest BCUT2D eigenvalue weighted by atomic mass is 16.3. The van der Waals surface area contributed by atoms with Gasteiger partial charge in [-0.15, -0.1) is 0 Å². The molecule has 0 aliphatic carbocycles. The number of primary amides is 1. The van der Waals surface area contributed by atoms with Crippen molar-refractivity contribution in [2.45, 2.75) is 318 Å². The zero-order valence-corrected chi connectivity index (χ0v) is 59.6. The molecular formula is C73H142N8O9. The summed E-state index contributed by atoms with van der Waals surface area (Å²) in [5.41, 5.74) is 5.77. The van der Waals surface area contributed by atoms with E-state index in [0.29, 0.717) is 65.0 Å². The van der Waals surface area contributed by atoms with Crippen molar-refractivity contribution >= 4 is 41.4 Å². The van der Waals surface area contributed by atoms with Crippen LogP contribution in [0.15, 0.2) is 0 Å². The average Bonchev–Trinajstić information content (AvgIpc) is 1.21. The van der Waals surface area contributed by atoms with Crippen LogP contribution in [0.3, 0.4) is 0 Å². The molecule has 0 aliphatic heterocycles. The Kier molecular flexibility index (Phi) is 57.6. The third-order valence-corrected chi connectivity index (χ3v) is 18.2. The van der Waals surface area contributed by atoms with Crippen LogP contribution in [0.4, 0.5) is 0 Å². The van der Waals surface area contributed by atoms with Crippen LogP contribution in [-0.2, 0) is 33.6 Å². The van der Waals surface area contributed by atoms with Crippen molar-refractivity contribution < 1.29 is 43.8 Å². The normalized spacial score (nSPS) is 12.1. The first-order chi connectivity index (χ1) is 43.6. The van der Waals surface area contributed by atoms with Crippen molar-refractivity contribution in [2.75, 3.05) is 98.3 Å². The lowest BCUT2D eigenvalue weighted by Crippen LogP contribution is -2.53. The molecule has 0 spiro atoms. The van der Waals surface area contributed by atoms with Gasteiger partial charge in [-0.1, -0.05) is 274 Å². The first kappa shape index (κ1) is 86.2. The van der Waals surface area contributed by atoms with Crippen LogP contribution in [-0.4, -0.2) is 185 Å². The zero-order chi connectivity index (χ0) is 66.8. The smallest absolute Gasteiger partial charge is 0.242 e. The molecule has 17 nitrogen and oxygen atoms in total. The predicted octanol–water partition coefficient (Wildman–Crippen LogP) is 13.4. The molecule has 0 aliphatic rings. The SMILES string of the molecule is CCCCCCCCCCCCN(CC(=O)N(CC(N)=O)CC(CC)CCCC)C(=O)CN(CCCCCCCC)C(=O)CN(CC(CC)CCCC)C(=O)CN(CCCCCCCCCCCC)C(=O)CN(CCCCCCCC)C(=O)CNC(CO)CO. The minimum Gasteiger partial charge on any atom is -0.395 e. The molecule has 7 amide bonds. The summed E-state index contributed by atoms with van der Waals surface area (Å²) in [5, 5.41) is 22.5. The number of aliphatic hydroxyl groups is 2. The van der Waals surface area contributed by atoms with Gasteiger partial charge in [0, 0.05) is 39.3 Å². The second-order valence-electron chi connectivity index (χ2n) is 26.5. The van der Waals surface area contributed by atoms with Crippen LogP contribution in [0.1, 0.15) is 312 Å². The Balaban J connectivity index is 7.39. The van der Waals surface area contributed by atoms with Crippen LogP contribution in [0, 0.1) is 11.8 Å². The predicted molar refractivity (Wildman–Crippen MR) is 372 cm³/mol. The summed E-state index contributed by atoms with van der Waals surface area (Å²) in [6.07, 6.45) is 41.1. The van der Waals surface area contributed by atoms with Gasteiger partial charge in [-0.2, -0.15) is 0 Å². The lowest BCUT2D eigenvalue weighted by molar-refractivity contribution is -0.148. The van der Waals surface area contributed by atoms with Crippen LogP contribution >= 0.6 is 0 Å². The average molecular weight is 1280 g/mol.